The van der Waals surface area contributed by atoms with Crippen molar-refractivity contribution in [2.45, 2.75) is 38.1 Å². The molecule has 0 saturated heterocycles. The first kappa shape index (κ1) is 13.3. The van der Waals surface area contributed by atoms with Crippen LogP contribution in [0.25, 0.3) is 0 Å². The van der Waals surface area contributed by atoms with Gasteiger partial charge in [0.15, 0.2) is 0 Å². The zero-order chi connectivity index (χ0) is 14.2. The Bertz CT molecular complexity index is 585. The molecule has 0 radical (unpaired) electrons. The first-order valence-corrected chi connectivity index (χ1v) is 6.21. The van der Waals surface area contributed by atoms with E-state index in [1.54, 1.807) is 6.07 Å². The van der Waals surface area contributed by atoms with Gasteiger partial charge in [0.1, 0.15) is 5.54 Å². The minimum Gasteiger partial charge on any atom is -0.368 e. The molecule has 6 nitrogen and oxygen atoms in total. The smallest absolute Gasteiger partial charge is 0.252 e. The van der Waals surface area contributed by atoms with Crippen LogP contribution in [0.2, 0.25) is 0 Å². The molecule has 6 heteroatoms. The van der Waals surface area contributed by atoms with Crippen LogP contribution in [0.4, 0.5) is 0 Å². The monoisotopic (exact) mass is 263 g/mol. The van der Waals surface area contributed by atoms with E-state index in [1.807, 2.05) is 13.8 Å². The number of hydrogen-bond acceptors (Lipinski definition) is 3. The van der Waals surface area contributed by atoms with Crippen LogP contribution in [0.3, 0.4) is 0 Å². The highest BCUT2D eigenvalue weighted by atomic mass is 16.2. The van der Waals surface area contributed by atoms with Gasteiger partial charge in [-0.25, -0.2) is 0 Å². The predicted molar refractivity (Wildman–Crippen MR) is 69.8 cm³/mol. The Hall–Kier alpha value is -2.11. The van der Waals surface area contributed by atoms with Crippen molar-refractivity contribution in [2.75, 3.05) is 0 Å². The van der Waals surface area contributed by atoms with Gasteiger partial charge in [0, 0.05) is 17.3 Å². The van der Waals surface area contributed by atoms with E-state index in [2.05, 4.69) is 10.3 Å². The Morgan fingerprint density at radius 3 is 2.47 bits per heavy atom. The highest BCUT2D eigenvalue weighted by Crippen LogP contribution is 2.35. The second kappa shape index (κ2) is 4.53. The summed E-state index contributed by atoms with van der Waals surface area (Å²) in [5.41, 5.74) is 4.93. The molecule has 102 valence electrons. The number of carbonyl (C=O) groups is 2. The molecule has 1 aromatic heterocycles. The lowest BCUT2D eigenvalue weighted by Crippen LogP contribution is -2.46. The van der Waals surface area contributed by atoms with Gasteiger partial charge < -0.3 is 16.0 Å². The Morgan fingerprint density at radius 1 is 1.37 bits per heavy atom. The SMILES string of the molecule is CC(C)c1cc(C(=O)NC2(C(N)=O)CC2)cc(=O)[nH]1. The summed E-state index contributed by atoms with van der Waals surface area (Å²) in [4.78, 5) is 37.5. The Labute approximate surface area is 110 Å². The van der Waals surface area contributed by atoms with Crippen molar-refractivity contribution in [3.05, 3.63) is 33.7 Å². The number of rotatable bonds is 4. The lowest BCUT2D eigenvalue weighted by molar-refractivity contribution is -0.120. The van der Waals surface area contributed by atoms with E-state index in [-0.39, 0.29) is 17.0 Å². The van der Waals surface area contributed by atoms with Crippen molar-refractivity contribution in [1.29, 1.82) is 0 Å². The first-order chi connectivity index (χ1) is 8.84. The molecular formula is C13H17N3O3. The molecule has 2 rings (SSSR count). The maximum Gasteiger partial charge on any atom is 0.252 e. The van der Waals surface area contributed by atoms with Crippen molar-refractivity contribution in [3.8, 4) is 0 Å². The number of H-pyrrole nitrogens is 1. The van der Waals surface area contributed by atoms with Crippen molar-refractivity contribution >= 4 is 11.8 Å². The molecule has 0 aliphatic heterocycles. The molecule has 1 aromatic rings. The number of amides is 2. The third-order valence-corrected chi connectivity index (χ3v) is 3.32. The van der Waals surface area contributed by atoms with Crippen molar-refractivity contribution < 1.29 is 9.59 Å². The Balaban J connectivity index is 2.25. The molecule has 0 aromatic carbocycles. The van der Waals surface area contributed by atoms with Crippen LogP contribution >= 0.6 is 0 Å². The molecule has 0 bridgehead atoms. The number of aromatic amines is 1. The Morgan fingerprint density at radius 2 is 2.00 bits per heavy atom. The fourth-order valence-corrected chi connectivity index (χ4v) is 1.85. The summed E-state index contributed by atoms with van der Waals surface area (Å²) in [7, 11) is 0. The average Bonchev–Trinajstić information content (AvgIpc) is 3.09. The zero-order valence-electron chi connectivity index (χ0n) is 10.9. The van der Waals surface area contributed by atoms with Crippen LogP contribution in [0.15, 0.2) is 16.9 Å². The quantitative estimate of drug-likeness (QED) is 0.724. The fourth-order valence-electron chi connectivity index (χ4n) is 1.85. The summed E-state index contributed by atoms with van der Waals surface area (Å²) in [5.74, 6) is -0.870. The Kier molecular flexibility index (Phi) is 3.18. The van der Waals surface area contributed by atoms with Crippen molar-refractivity contribution in [3.63, 3.8) is 0 Å². The van der Waals surface area contributed by atoms with Crippen LogP contribution in [-0.2, 0) is 4.79 Å². The van der Waals surface area contributed by atoms with Gasteiger partial charge in [-0.15, -0.1) is 0 Å². The largest absolute Gasteiger partial charge is 0.368 e. The van der Waals surface area contributed by atoms with Crippen LogP contribution in [-0.4, -0.2) is 22.3 Å². The lowest BCUT2D eigenvalue weighted by Gasteiger charge is -2.14. The van der Waals surface area contributed by atoms with Crippen molar-refractivity contribution in [2.24, 2.45) is 5.73 Å². The molecule has 0 atom stereocenters. The van der Waals surface area contributed by atoms with Gasteiger partial charge in [0.25, 0.3) is 5.91 Å². The van der Waals surface area contributed by atoms with Crippen LogP contribution in [0, 0.1) is 0 Å². The second-order valence-electron chi connectivity index (χ2n) is 5.24. The van der Waals surface area contributed by atoms with Crippen LogP contribution in [0.5, 0.6) is 0 Å². The zero-order valence-corrected chi connectivity index (χ0v) is 10.9. The molecule has 2 amide bonds. The molecule has 19 heavy (non-hydrogen) atoms. The minimum absolute atomic E-state index is 0.103. The first-order valence-electron chi connectivity index (χ1n) is 6.21. The summed E-state index contributed by atoms with van der Waals surface area (Å²) in [6, 6.07) is 2.84. The van der Waals surface area contributed by atoms with Gasteiger partial charge in [-0.2, -0.15) is 0 Å². The van der Waals surface area contributed by atoms with Crippen molar-refractivity contribution in [1.82, 2.24) is 10.3 Å². The summed E-state index contributed by atoms with van der Waals surface area (Å²) in [5, 5.41) is 2.61. The number of nitrogens with two attached hydrogens (primary N) is 1. The molecule has 1 heterocycles. The van der Waals surface area contributed by atoms with Crippen LogP contribution in [0.1, 0.15) is 48.7 Å². The number of pyridine rings is 1. The summed E-state index contributed by atoms with van der Waals surface area (Å²) < 4.78 is 0. The highest BCUT2D eigenvalue weighted by Gasteiger charge is 2.49. The van der Waals surface area contributed by atoms with E-state index in [9.17, 15) is 14.4 Å². The number of aromatic nitrogens is 1. The van der Waals surface area contributed by atoms with Crippen LogP contribution < -0.4 is 16.6 Å². The topological polar surface area (TPSA) is 105 Å². The normalized spacial score (nSPS) is 16.2. The summed E-state index contributed by atoms with van der Waals surface area (Å²) >= 11 is 0. The molecule has 1 saturated carbocycles. The molecule has 4 N–H and O–H groups in total. The molecule has 0 unspecified atom stereocenters. The summed E-state index contributed by atoms with van der Waals surface area (Å²) in [6.45, 7) is 3.83. The summed E-state index contributed by atoms with van der Waals surface area (Å²) in [6.07, 6.45) is 1.10. The minimum atomic E-state index is -0.919. The lowest BCUT2D eigenvalue weighted by atomic mass is 10.1. The predicted octanol–water partition coefficient (Wildman–Crippen LogP) is 0.246. The fraction of sp³-hybridized carbons (Fsp3) is 0.462. The van der Waals surface area contributed by atoms with E-state index in [1.165, 1.54) is 6.07 Å². The highest BCUT2D eigenvalue weighted by molar-refractivity contribution is 6.00. The second-order valence-corrected chi connectivity index (χ2v) is 5.24. The van der Waals surface area contributed by atoms with Gasteiger partial charge in [0.2, 0.25) is 11.5 Å². The third kappa shape index (κ3) is 2.67. The van der Waals surface area contributed by atoms with Gasteiger partial charge >= 0.3 is 0 Å². The number of primary amides is 1. The van der Waals surface area contributed by atoms with E-state index < -0.39 is 17.4 Å². The van der Waals surface area contributed by atoms with Gasteiger partial charge in [-0.1, -0.05) is 13.8 Å². The average molecular weight is 263 g/mol. The third-order valence-electron chi connectivity index (χ3n) is 3.32. The van der Waals surface area contributed by atoms with E-state index >= 15 is 0 Å². The van der Waals surface area contributed by atoms with Gasteiger partial charge in [-0.05, 0) is 24.8 Å². The van der Waals surface area contributed by atoms with E-state index in [4.69, 9.17) is 5.73 Å². The van der Waals surface area contributed by atoms with E-state index in [0.29, 0.717) is 18.5 Å². The van der Waals surface area contributed by atoms with Gasteiger partial charge in [0.05, 0.1) is 0 Å². The molecule has 1 aliphatic carbocycles. The molecule has 1 fully saturated rings. The molecule has 0 spiro atoms. The number of carbonyl (C=O) groups excluding carboxylic acids is 2. The standard InChI is InChI=1S/C13H17N3O3/c1-7(2)9-5-8(6-10(17)15-9)11(18)16-13(3-4-13)12(14)19/h5-7H,3-4H2,1-2H3,(H2,14,19)(H,15,17)(H,16,18). The van der Waals surface area contributed by atoms with Gasteiger partial charge in [-0.3, -0.25) is 14.4 Å². The maximum absolute atomic E-state index is 12.1. The molecule has 1 aliphatic rings. The number of nitrogens with one attached hydrogen (secondary N) is 2. The van der Waals surface area contributed by atoms with E-state index in [0.717, 1.165) is 0 Å². The molecular weight excluding hydrogens is 246 g/mol. The number of hydrogen-bond donors (Lipinski definition) is 3. The maximum atomic E-state index is 12.1.